The zero-order valence-corrected chi connectivity index (χ0v) is 10.6. The molecule has 4 unspecified atom stereocenters. The van der Waals surface area contributed by atoms with Crippen LogP contribution in [0.5, 0.6) is 0 Å². The van der Waals surface area contributed by atoms with Crippen LogP contribution in [-0.4, -0.2) is 23.9 Å². The normalized spacial score (nSPS) is 34.4. The molecule has 0 spiro atoms. The Morgan fingerprint density at radius 2 is 1.93 bits per heavy atom. The molecule has 4 atom stereocenters. The van der Waals surface area contributed by atoms with Gasteiger partial charge in [0.25, 0.3) is 0 Å². The second-order valence-electron chi connectivity index (χ2n) is 5.56. The van der Waals surface area contributed by atoms with Crippen LogP contribution in [-0.2, 0) is 4.74 Å². The minimum Gasteiger partial charge on any atom is -0.393 e. The summed E-state index contributed by atoms with van der Waals surface area (Å²) in [5, 5.41) is 10.2. The molecule has 0 bridgehead atoms. The Bertz CT molecular complexity index is 179. The average molecular weight is 214 g/mol. The van der Waals surface area contributed by atoms with E-state index in [1.807, 2.05) is 0 Å². The molecule has 0 aromatic heterocycles. The Hall–Kier alpha value is -0.0800. The van der Waals surface area contributed by atoms with Gasteiger partial charge in [-0.2, -0.15) is 0 Å². The van der Waals surface area contributed by atoms with E-state index in [2.05, 4.69) is 27.7 Å². The standard InChI is InChI=1S/C13H26O2/c1-9(2)5-6-13(14)12-7-11(4)15-8-10(12)3/h9-14H,5-8H2,1-4H3. The van der Waals surface area contributed by atoms with Crippen molar-refractivity contribution in [2.75, 3.05) is 6.61 Å². The summed E-state index contributed by atoms with van der Waals surface area (Å²) < 4.78 is 5.58. The molecule has 0 amide bonds. The van der Waals surface area contributed by atoms with Crippen LogP contribution in [0.4, 0.5) is 0 Å². The van der Waals surface area contributed by atoms with E-state index in [1.165, 1.54) is 0 Å². The van der Waals surface area contributed by atoms with E-state index in [0.29, 0.717) is 23.9 Å². The zero-order chi connectivity index (χ0) is 11.4. The predicted molar refractivity (Wildman–Crippen MR) is 62.8 cm³/mol. The first-order valence-corrected chi connectivity index (χ1v) is 6.30. The highest BCUT2D eigenvalue weighted by Crippen LogP contribution is 2.30. The Morgan fingerprint density at radius 1 is 1.27 bits per heavy atom. The van der Waals surface area contributed by atoms with Gasteiger partial charge in [-0.25, -0.2) is 0 Å². The van der Waals surface area contributed by atoms with E-state index in [4.69, 9.17) is 4.74 Å². The number of aliphatic hydroxyl groups excluding tert-OH is 1. The van der Waals surface area contributed by atoms with E-state index in [-0.39, 0.29) is 6.10 Å². The first-order valence-electron chi connectivity index (χ1n) is 6.30. The molecule has 0 aliphatic carbocycles. The first kappa shape index (κ1) is 13.0. The van der Waals surface area contributed by atoms with Crippen molar-refractivity contribution in [2.24, 2.45) is 17.8 Å². The van der Waals surface area contributed by atoms with Gasteiger partial charge in [0.05, 0.1) is 12.2 Å². The molecular weight excluding hydrogens is 188 g/mol. The van der Waals surface area contributed by atoms with Crippen molar-refractivity contribution in [1.29, 1.82) is 0 Å². The molecule has 90 valence electrons. The molecule has 0 saturated carbocycles. The summed E-state index contributed by atoms with van der Waals surface area (Å²) in [5.41, 5.74) is 0. The number of hydrogen-bond donors (Lipinski definition) is 1. The zero-order valence-electron chi connectivity index (χ0n) is 10.6. The van der Waals surface area contributed by atoms with Crippen molar-refractivity contribution in [3.63, 3.8) is 0 Å². The molecule has 2 heteroatoms. The van der Waals surface area contributed by atoms with Gasteiger partial charge in [-0.1, -0.05) is 20.8 Å². The minimum atomic E-state index is -0.131. The van der Waals surface area contributed by atoms with Gasteiger partial charge in [0.1, 0.15) is 0 Å². The number of aliphatic hydroxyl groups is 1. The molecule has 1 aliphatic heterocycles. The third kappa shape index (κ3) is 4.12. The molecule has 1 heterocycles. The third-order valence-corrected chi connectivity index (χ3v) is 3.51. The van der Waals surface area contributed by atoms with Gasteiger partial charge in [-0.15, -0.1) is 0 Å². The lowest BCUT2D eigenvalue weighted by Gasteiger charge is -2.36. The molecule has 15 heavy (non-hydrogen) atoms. The van der Waals surface area contributed by atoms with Gasteiger partial charge >= 0.3 is 0 Å². The summed E-state index contributed by atoms with van der Waals surface area (Å²) in [7, 11) is 0. The van der Waals surface area contributed by atoms with Gasteiger partial charge in [0.2, 0.25) is 0 Å². The summed E-state index contributed by atoms with van der Waals surface area (Å²) >= 11 is 0. The molecule has 1 aliphatic rings. The lowest BCUT2D eigenvalue weighted by Crippen LogP contribution is -2.37. The van der Waals surface area contributed by atoms with E-state index in [0.717, 1.165) is 25.9 Å². The fourth-order valence-corrected chi connectivity index (χ4v) is 2.38. The second-order valence-corrected chi connectivity index (χ2v) is 5.56. The Morgan fingerprint density at radius 3 is 2.53 bits per heavy atom. The lowest BCUT2D eigenvalue weighted by atomic mass is 9.81. The number of rotatable bonds is 4. The van der Waals surface area contributed by atoms with Crippen LogP contribution in [0.25, 0.3) is 0 Å². The van der Waals surface area contributed by atoms with E-state index >= 15 is 0 Å². The average Bonchev–Trinajstić information content (AvgIpc) is 2.18. The van der Waals surface area contributed by atoms with Crippen LogP contribution in [0, 0.1) is 17.8 Å². The molecule has 0 aromatic carbocycles. The SMILES string of the molecule is CC(C)CCC(O)C1CC(C)OCC1C. The van der Waals surface area contributed by atoms with E-state index < -0.39 is 0 Å². The van der Waals surface area contributed by atoms with E-state index in [1.54, 1.807) is 0 Å². The van der Waals surface area contributed by atoms with Crippen LogP contribution in [0.3, 0.4) is 0 Å². The summed E-state index contributed by atoms with van der Waals surface area (Å²) in [6.45, 7) is 9.53. The van der Waals surface area contributed by atoms with Crippen LogP contribution >= 0.6 is 0 Å². The smallest absolute Gasteiger partial charge is 0.0572 e. The second kappa shape index (κ2) is 5.86. The van der Waals surface area contributed by atoms with Crippen LogP contribution < -0.4 is 0 Å². The maximum Gasteiger partial charge on any atom is 0.0572 e. The van der Waals surface area contributed by atoms with Crippen LogP contribution in [0.15, 0.2) is 0 Å². The van der Waals surface area contributed by atoms with Crippen LogP contribution in [0.2, 0.25) is 0 Å². The quantitative estimate of drug-likeness (QED) is 0.779. The molecule has 0 radical (unpaired) electrons. The Kier molecular flexibility index (Phi) is 5.07. The molecule has 1 rings (SSSR count). The Balaban J connectivity index is 2.38. The molecule has 1 fully saturated rings. The van der Waals surface area contributed by atoms with Crippen molar-refractivity contribution in [2.45, 2.75) is 59.2 Å². The van der Waals surface area contributed by atoms with Gasteiger partial charge in [-0.05, 0) is 43.9 Å². The van der Waals surface area contributed by atoms with Crippen molar-refractivity contribution >= 4 is 0 Å². The highest BCUT2D eigenvalue weighted by molar-refractivity contribution is 4.80. The van der Waals surface area contributed by atoms with Crippen LogP contribution in [0.1, 0.15) is 47.0 Å². The Labute approximate surface area is 94.0 Å². The fraction of sp³-hybridized carbons (Fsp3) is 1.00. The van der Waals surface area contributed by atoms with Gasteiger partial charge < -0.3 is 9.84 Å². The summed E-state index contributed by atoms with van der Waals surface area (Å²) in [6, 6.07) is 0. The first-order chi connectivity index (χ1) is 7.00. The van der Waals surface area contributed by atoms with Gasteiger partial charge in [0, 0.05) is 6.61 Å². The van der Waals surface area contributed by atoms with Crippen molar-refractivity contribution in [1.82, 2.24) is 0 Å². The van der Waals surface area contributed by atoms with Crippen molar-refractivity contribution < 1.29 is 9.84 Å². The fourth-order valence-electron chi connectivity index (χ4n) is 2.38. The number of ether oxygens (including phenoxy) is 1. The van der Waals surface area contributed by atoms with Crippen molar-refractivity contribution in [3.8, 4) is 0 Å². The molecule has 1 N–H and O–H groups in total. The summed E-state index contributed by atoms with van der Waals surface area (Å²) in [6.07, 6.45) is 3.27. The highest BCUT2D eigenvalue weighted by atomic mass is 16.5. The third-order valence-electron chi connectivity index (χ3n) is 3.51. The highest BCUT2D eigenvalue weighted by Gasteiger charge is 2.31. The lowest BCUT2D eigenvalue weighted by molar-refractivity contribution is -0.0711. The topological polar surface area (TPSA) is 29.5 Å². The monoisotopic (exact) mass is 214 g/mol. The van der Waals surface area contributed by atoms with Gasteiger partial charge in [-0.3, -0.25) is 0 Å². The molecular formula is C13H26O2. The largest absolute Gasteiger partial charge is 0.393 e. The van der Waals surface area contributed by atoms with Crippen molar-refractivity contribution in [3.05, 3.63) is 0 Å². The van der Waals surface area contributed by atoms with Gasteiger partial charge in [0.15, 0.2) is 0 Å². The minimum absolute atomic E-state index is 0.131. The molecule has 1 saturated heterocycles. The predicted octanol–water partition coefficient (Wildman–Crippen LogP) is 2.84. The van der Waals surface area contributed by atoms with E-state index in [9.17, 15) is 5.11 Å². The summed E-state index contributed by atoms with van der Waals surface area (Å²) in [5.74, 6) is 1.63. The molecule has 2 nitrogen and oxygen atoms in total. The summed E-state index contributed by atoms with van der Waals surface area (Å²) in [4.78, 5) is 0. The number of hydrogen-bond acceptors (Lipinski definition) is 2. The maximum atomic E-state index is 10.2. The molecule has 0 aromatic rings. The maximum absolute atomic E-state index is 10.2.